The van der Waals surface area contributed by atoms with Crippen molar-refractivity contribution in [3.8, 4) is 6.07 Å². The second-order valence-electron chi connectivity index (χ2n) is 16.0. The van der Waals surface area contributed by atoms with Crippen LogP contribution in [-0.2, 0) is 29.5 Å². The molecule has 4 aromatic heterocycles. The number of nitriles is 1. The Morgan fingerprint density at radius 3 is 2.54 bits per heavy atom. The van der Waals surface area contributed by atoms with Gasteiger partial charge in [-0.25, -0.2) is 28.4 Å². The Balaban J connectivity index is 0.000000182. The third-order valence-corrected chi connectivity index (χ3v) is 15.9. The molecule has 6 heterocycles. The molecule has 1 fully saturated rings. The molecule has 9 rings (SSSR count). The maximum atomic E-state index is 13.8. The number of aliphatic hydroxyl groups is 1. The van der Waals surface area contributed by atoms with E-state index >= 15 is 0 Å². The van der Waals surface area contributed by atoms with E-state index in [0.717, 1.165) is 60.1 Å². The fraction of sp³-hybridized carbons (Fsp3) is 0.277. The Morgan fingerprint density at radius 1 is 1.00 bits per heavy atom. The number of nitrogens with one attached hydrogen (secondary N) is 3. The number of carbonyl (C=O) groups excluding carboxylic acids is 1. The maximum Gasteiger partial charge on any atom is 0.267 e. The lowest BCUT2D eigenvalue weighted by Gasteiger charge is -2.35. The van der Waals surface area contributed by atoms with Crippen molar-refractivity contribution < 1.29 is 18.3 Å². The van der Waals surface area contributed by atoms with Crippen molar-refractivity contribution in [1.82, 2.24) is 34.1 Å². The number of thiophene rings is 1. The van der Waals surface area contributed by atoms with Crippen LogP contribution in [0.4, 0.5) is 28.1 Å². The van der Waals surface area contributed by atoms with E-state index in [1.807, 2.05) is 68.4 Å². The highest BCUT2D eigenvalue weighted by Gasteiger charge is 2.37. The second kappa shape index (κ2) is 21.6. The van der Waals surface area contributed by atoms with E-state index in [9.17, 15) is 18.5 Å². The smallest absolute Gasteiger partial charge is 0.267 e. The van der Waals surface area contributed by atoms with Gasteiger partial charge in [0.15, 0.2) is 5.13 Å². The topological polar surface area (TPSA) is 200 Å². The molecule has 2 aliphatic rings. The molecule has 2 aliphatic heterocycles. The molecule has 0 unspecified atom stereocenters. The first-order chi connectivity index (χ1) is 32.5. The largest absolute Gasteiger partial charge is 0.395 e. The van der Waals surface area contributed by atoms with Gasteiger partial charge in [0.2, 0.25) is 0 Å². The van der Waals surface area contributed by atoms with E-state index in [0.29, 0.717) is 68.2 Å². The van der Waals surface area contributed by atoms with Crippen LogP contribution in [0.25, 0.3) is 0 Å². The Hall–Kier alpha value is -6.24. The number of rotatable bonds is 13. The van der Waals surface area contributed by atoms with Crippen LogP contribution in [0.2, 0.25) is 5.02 Å². The summed E-state index contributed by atoms with van der Waals surface area (Å²) in [5, 5.41) is 27.5. The fourth-order valence-electron chi connectivity index (χ4n) is 8.05. The molecule has 346 valence electrons. The van der Waals surface area contributed by atoms with Gasteiger partial charge in [0, 0.05) is 69.8 Å². The number of aryl methyl sites for hydroxylation is 2. The van der Waals surface area contributed by atoms with Crippen molar-refractivity contribution in [2.75, 3.05) is 66.3 Å². The van der Waals surface area contributed by atoms with Gasteiger partial charge in [0.1, 0.15) is 26.5 Å². The lowest BCUT2D eigenvalue weighted by atomic mass is 10.1. The molecule has 16 nitrogen and oxygen atoms in total. The van der Waals surface area contributed by atoms with E-state index < -0.39 is 10.0 Å². The lowest BCUT2D eigenvalue weighted by Crippen LogP contribution is -2.47. The number of anilines is 5. The molecule has 0 radical (unpaired) electrons. The highest BCUT2D eigenvalue weighted by molar-refractivity contribution is 7.91. The van der Waals surface area contributed by atoms with Crippen molar-refractivity contribution >= 4 is 78.3 Å². The highest BCUT2D eigenvalue weighted by atomic mass is 35.5. The zero-order valence-corrected chi connectivity index (χ0v) is 40.0. The third kappa shape index (κ3) is 11.7. The molecular formula is C47H49ClN12O4S3. The van der Waals surface area contributed by atoms with Crippen LogP contribution in [-0.4, -0.2) is 105 Å². The summed E-state index contributed by atoms with van der Waals surface area (Å²) in [6.45, 7) is 9.27. The molecule has 7 aromatic rings. The standard InChI is InChI=1S/C25H23N5O2S2.C22H26ClN7O2S/c26-13-20-8-9-24-21(11-20)15-30(34(31,32)25-7-4-10-33-25)23(12-19-5-2-1-3-6-19)17-29(24)16-22-14-27-18-28-22;1-14-4-3-5-16(23)20(14)28-21(32)17-13-24-22(33-17)27-18-12-19(26-15(2)25-18)30-8-6-29(7-9-30)10-11-31/h1-11,14,18,23H,12,15-17H2,(H,27,28);3-5,12-13,31H,6-11H2,1-2H3,(H,28,32)(H,24,25,26,27)/t23-;/m1./s1. The number of fused-ring (bicyclic) bond motifs is 1. The number of hydrogen-bond donors (Lipinski definition) is 4. The minimum absolute atomic E-state index is 0.173. The summed E-state index contributed by atoms with van der Waals surface area (Å²) in [7, 11) is -3.74. The van der Waals surface area contributed by atoms with Crippen LogP contribution < -0.4 is 20.4 Å². The van der Waals surface area contributed by atoms with Crippen LogP contribution in [0.3, 0.4) is 0 Å². The number of para-hydroxylation sites is 1. The van der Waals surface area contributed by atoms with E-state index in [1.165, 1.54) is 28.9 Å². The number of aliphatic hydroxyl groups excluding tert-OH is 1. The minimum Gasteiger partial charge on any atom is -0.395 e. The van der Waals surface area contributed by atoms with Crippen molar-refractivity contribution in [3.05, 3.63) is 153 Å². The van der Waals surface area contributed by atoms with Gasteiger partial charge in [-0.2, -0.15) is 9.57 Å². The summed E-state index contributed by atoms with van der Waals surface area (Å²) in [5.41, 5.74) is 5.74. The number of piperazine rings is 1. The number of carbonyl (C=O) groups is 1. The van der Waals surface area contributed by atoms with Crippen molar-refractivity contribution in [2.24, 2.45) is 0 Å². The number of halogens is 1. The fourth-order valence-corrected chi connectivity index (χ4v) is 11.7. The van der Waals surface area contributed by atoms with Gasteiger partial charge in [-0.05, 0) is 72.7 Å². The number of thiazole rings is 1. The number of hydrogen-bond acceptors (Lipinski definition) is 15. The molecule has 4 N–H and O–H groups in total. The zero-order chi connectivity index (χ0) is 46.9. The molecule has 67 heavy (non-hydrogen) atoms. The van der Waals surface area contributed by atoms with Crippen LogP contribution in [0, 0.1) is 25.2 Å². The molecular weight excluding hydrogens is 928 g/mol. The Morgan fingerprint density at radius 2 is 1.82 bits per heavy atom. The predicted molar refractivity (Wildman–Crippen MR) is 264 cm³/mol. The average Bonchev–Trinajstić information content (AvgIpc) is 4.14. The lowest BCUT2D eigenvalue weighted by molar-refractivity contribution is 0.103. The summed E-state index contributed by atoms with van der Waals surface area (Å²) >= 11 is 8.68. The van der Waals surface area contributed by atoms with Crippen molar-refractivity contribution in [3.63, 3.8) is 0 Å². The summed E-state index contributed by atoms with van der Waals surface area (Å²) in [6, 6.07) is 28.1. The van der Waals surface area contributed by atoms with Crippen LogP contribution in [0.1, 0.15) is 43.4 Å². The van der Waals surface area contributed by atoms with Gasteiger partial charge in [0.05, 0.1) is 53.7 Å². The number of benzene rings is 3. The molecule has 1 saturated heterocycles. The molecule has 20 heteroatoms. The zero-order valence-electron chi connectivity index (χ0n) is 36.8. The summed E-state index contributed by atoms with van der Waals surface area (Å²) in [5.74, 6) is 1.85. The normalized spacial score (nSPS) is 15.5. The Bertz CT molecular complexity index is 2900. The van der Waals surface area contributed by atoms with Gasteiger partial charge in [-0.15, -0.1) is 11.3 Å². The first kappa shape index (κ1) is 47.3. The Labute approximate surface area is 402 Å². The number of nitrogens with zero attached hydrogens (tertiary/aromatic N) is 9. The molecule has 0 spiro atoms. The molecule has 0 saturated carbocycles. The van der Waals surface area contributed by atoms with Gasteiger partial charge in [-0.3, -0.25) is 9.69 Å². The van der Waals surface area contributed by atoms with Crippen molar-refractivity contribution in [1.29, 1.82) is 5.26 Å². The molecule has 3 aromatic carbocycles. The highest BCUT2D eigenvalue weighted by Crippen LogP contribution is 2.35. The number of amides is 1. The number of H-pyrrole nitrogens is 1. The third-order valence-electron chi connectivity index (χ3n) is 11.4. The minimum atomic E-state index is -3.74. The quantitative estimate of drug-likeness (QED) is 0.0888. The summed E-state index contributed by atoms with van der Waals surface area (Å²) in [4.78, 5) is 40.4. The number of imidazole rings is 1. The number of aromatic amines is 1. The summed E-state index contributed by atoms with van der Waals surface area (Å²) in [6.07, 6.45) is 5.52. The molecule has 0 aliphatic carbocycles. The number of sulfonamides is 1. The van der Waals surface area contributed by atoms with E-state index in [4.69, 9.17) is 16.7 Å². The average molecular weight is 978 g/mol. The second-order valence-corrected chi connectivity index (χ2v) is 20.5. The predicted octanol–water partition coefficient (Wildman–Crippen LogP) is 7.48. The van der Waals surface area contributed by atoms with E-state index in [1.54, 1.807) is 52.5 Å². The van der Waals surface area contributed by atoms with Gasteiger partial charge < -0.3 is 30.5 Å². The van der Waals surface area contributed by atoms with Crippen LogP contribution in [0.15, 0.2) is 113 Å². The number of β-amino-alcohol motifs (C(OH)–C–C–N with tert-alkyl or cyclic N) is 1. The first-order valence-corrected chi connectivity index (χ1v) is 25.1. The maximum absolute atomic E-state index is 13.8. The summed E-state index contributed by atoms with van der Waals surface area (Å²) < 4.78 is 29.6. The molecule has 0 bridgehead atoms. The van der Waals surface area contributed by atoms with E-state index in [-0.39, 0.29) is 25.1 Å². The van der Waals surface area contributed by atoms with E-state index in [2.05, 4.69) is 56.3 Å². The van der Waals surface area contributed by atoms with Gasteiger partial charge in [-0.1, -0.05) is 71.5 Å². The monoisotopic (exact) mass is 976 g/mol. The van der Waals surface area contributed by atoms with Gasteiger partial charge >= 0.3 is 0 Å². The van der Waals surface area contributed by atoms with Gasteiger partial charge in [0.25, 0.3) is 15.9 Å². The Kier molecular flexibility index (Phi) is 15.2. The molecule has 1 amide bonds. The van der Waals surface area contributed by atoms with Crippen molar-refractivity contribution in [2.45, 2.75) is 43.6 Å². The van der Waals surface area contributed by atoms with Crippen LogP contribution >= 0.6 is 34.3 Å². The SMILES string of the molecule is Cc1nc(Nc2ncc(C(=O)Nc3c(C)cccc3Cl)s2)cc(N2CCN(CCO)CC2)n1.N#Cc1ccc2c(c1)CN(S(=O)(=O)c1cccs1)[C@H](Cc1ccccc1)CN2Cc1cnc[nH]1. The molecule has 1 atom stereocenters. The van der Waals surface area contributed by atoms with Crippen LogP contribution in [0.5, 0.6) is 0 Å². The number of aromatic nitrogens is 5. The first-order valence-electron chi connectivity index (χ1n) is 21.5.